The molecule has 2 rings (SSSR count). The largest absolute Gasteiger partial charge is 0.378 e. The van der Waals surface area contributed by atoms with E-state index in [2.05, 4.69) is 0 Å². The summed E-state index contributed by atoms with van der Waals surface area (Å²) in [6, 6.07) is 0. The molecule has 2 atom stereocenters. The second-order valence-corrected chi connectivity index (χ2v) is 4.16. The van der Waals surface area contributed by atoms with Crippen molar-refractivity contribution >= 4 is 0 Å². The lowest BCUT2D eigenvalue weighted by molar-refractivity contribution is 0.0454. The van der Waals surface area contributed by atoms with Crippen molar-refractivity contribution in [1.29, 1.82) is 0 Å². The summed E-state index contributed by atoms with van der Waals surface area (Å²) in [4.78, 5) is 0. The average Bonchev–Trinajstić information content (AvgIpc) is 2.74. The van der Waals surface area contributed by atoms with Gasteiger partial charge in [0.05, 0.1) is 6.10 Å². The highest BCUT2D eigenvalue weighted by Crippen LogP contribution is 2.36. The minimum atomic E-state index is 0.512. The third-order valence-corrected chi connectivity index (χ3v) is 3.43. The van der Waals surface area contributed by atoms with E-state index in [4.69, 9.17) is 10.5 Å². The minimum absolute atomic E-state index is 0.512. The molecule has 0 radical (unpaired) electrons. The van der Waals surface area contributed by atoms with E-state index in [1.807, 2.05) is 0 Å². The standard InChI is InChI=1S/C10H19NO/c11-7-9-5-6-12-10(9)8-3-1-2-4-8/h8-10H,1-7,11H2. The van der Waals surface area contributed by atoms with E-state index in [0.29, 0.717) is 12.0 Å². The van der Waals surface area contributed by atoms with Crippen LogP contribution in [0.3, 0.4) is 0 Å². The summed E-state index contributed by atoms with van der Waals surface area (Å²) in [6.45, 7) is 1.77. The molecule has 2 aliphatic rings. The van der Waals surface area contributed by atoms with Gasteiger partial charge in [0.1, 0.15) is 0 Å². The van der Waals surface area contributed by atoms with Crippen molar-refractivity contribution in [1.82, 2.24) is 0 Å². The molecular weight excluding hydrogens is 150 g/mol. The summed E-state index contributed by atoms with van der Waals surface area (Å²) in [5, 5.41) is 0. The highest BCUT2D eigenvalue weighted by Gasteiger charge is 2.34. The van der Waals surface area contributed by atoms with Gasteiger partial charge in [0.25, 0.3) is 0 Å². The fourth-order valence-corrected chi connectivity index (χ4v) is 2.71. The van der Waals surface area contributed by atoms with E-state index in [1.54, 1.807) is 0 Å². The Morgan fingerprint density at radius 2 is 1.92 bits per heavy atom. The SMILES string of the molecule is NCC1CCOC1C1CCCC1. The van der Waals surface area contributed by atoms with Crippen molar-refractivity contribution in [2.24, 2.45) is 17.6 Å². The summed E-state index contributed by atoms with van der Waals surface area (Å²) in [5.74, 6) is 1.49. The Morgan fingerprint density at radius 1 is 1.17 bits per heavy atom. The molecule has 1 saturated carbocycles. The lowest BCUT2D eigenvalue weighted by Crippen LogP contribution is -2.29. The molecule has 1 aliphatic carbocycles. The lowest BCUT2D eigenvalue weighted by Gasteiger charge is -2.22. The second kappa shape index (κ2) is 3.75. The van der Waals surface area contributed by atoms with Gasteiger partial charge in [0.15, 0.2) is 0 Å². The predicted octanol–water partition coefficient (Wildman–Crippen LogP) is 1.54. The zero-order valence-electron chi connectivity index (χ0n) is 7.67. The number of nitrogens with two attached hydrogens (primary N) is 1. The van der Waals surface area contributed by atoms with Crippen molar-refractivity contribution in [3.8, 4) is 0 Å². The molecule has 0 spiro atoms. The van der Waals surface area contributed by atoms with Crippen molar-refractivity contribution in [3.05, 3.63) is 0 Å². The monoisotopic (exact) mass is 169 g/mol. The van der Waals surface area contributed by atoms with E-state index < -0.39 is 0 Å². The summed E-state index contributed by atoms with van der Waals surface area (Å²) in [5.41, 5.74) is 5.71. The van der Waals surface area contributed by atoms with Gasteiger partial charge in [-0.1, -0.05) is 12.8 Å². The quantitative estimate of drug-likeness (QED) is 0.680. The number of hydrogen-bond acceptors (Lipinski definition) is 2. The molecule has 0 bridgehead atoms. The fourth-order valence-electron chi connectivity index (χ4n) is 2.71. The molecule has 2 heteroatoms. The molecule has 0 amide bonds. The Morgan fingerprint density at radius 3 is 2.58 bits per heavy atom. The average molecular weight is 169 g/mol. The van der Waals surface area contributed by atoms with E-state index >= 15 is 0 Å². The van der Waals surface area contributed by atoms with E-state index in [-0.39, 0.29) is 0 Å². The molecule has 1 heterocycles. The maximum atomic E-state index is 5.76. The van der Waals surface area contributed by atoms with Crippen LogP contribution in [-0.2, 0) is 4.74 Å². The smallest absolute Gasteiger partial charge is 0.0644 e. The van der Waals surface area contributed by atoms with Crippen molar-refractivity contribution in [3.63, 3.8) is 0 Å². The molecule has 1 saturated heterocycles. The Bertz CT molecular complexity index is 143. The molecule has 2 unspecified atom stereocenters. The van der Waals surface area contributed by atoms with Crippen LogP contribution in [-0.4, -0.2) is 19.3 Å². The Hall–Kier alpha value is -0.0800. The molecule has 0 aromatic heterocycles. The van der Waals surface area contributed by atoms with Crippen LogP contribution in [0.1, 0.15) is 32.1 Å². The maximum Gasteiger partial charge on any atom is 0.0644 e. The van der Waals surface area contributed by atoms with Gasteiger partial charge < -0.3 is 10.5 Å². The molecule has 12 heavy (non-hydrogen) atoms. The summed E-state index contributed by atoms with van der Waals surface area (Å²) >= 11 is 0. The number of hydrogen-bond donors (Lipinski definition) is 1. The van der Waals surface area contributed by atoms with Crippen LogP contribution in [0.15, 0.2) is 0 Å². The minimum Gasteiger partial charge on any atom is -0.378 e. The summed E-state index contributed by atoms with van der Waals surface area (Å²) in [7, 11) is 0. The van der Waals surface area contributed by atoms with Gasteiger partial charge >= 0.3 is 0 Å². The molecule has 2 fully saturated rings. The van der Waals surface area contributed by atoms with Crippen LogP contribution in [0.4, 0.5) is 0 Å². The Balaban J connectivity index is 1.92. The molecule has 0 aromatic rings. The van der Waals surface area contributed by atoms with Gasteiger partial charge in [-0.25, -0.2) is 0 Å². The zero-order valence-corrected chi connectivity index (χ0v) is 7.67. The van der Waals surface area contributed by atoms with Crippen molar-refractivity contribution in [2.45, 2.75) is 38.2 Å². The zero-order chi connectivity index (χ0) is 8.39. The number of rotatable bonds is 2. The first-order chi connectivity index (χ1) is 5.92. The van der Waals surface area contributed by atoms with Crippen LogP contribution in [0.2, 0.25) is 0 Å². The van der Waals surface area contributed by atoms with E-state index in [1.165, 1.54) is 32.1 Å². The highest BCUT2D eigenvalue weighted by atomic mass is 16.5. The first kappa shape index (κ1) is 8.52. The third-order valence-electron chi connectivity index (χ3n) is 3.43. The molecule has 70 valence electrons. The highest BCUT2D eigenvalue weighted by molar-refractivity contribution is 4.85. The van der Waals surface area contributed by atoms with Gasteiger partial charge in [-0.3, -0.25) is 0 Å². The molecule has 1 aliphatic heterocycles. The van der Waals surface area contributed by atoms with Gasteiger partial charge in [0.2, 0.25) is 0 Å². The third kappa shape index (κ3) is 1.50. The van der Waals surface area contributed by atoms with Crippen LogP contribution in [0, 0.1) is 11.8 Å². The first-order valence-corrected chi connectivity index (χ1v) is 5.23. The van der Waals surface area contributed by atoms with Crippen LogP contribution in [0.25, 0.3) is 0 Å². The molecule has 2 nitrogen and oxygen atoms in total. The van der Waals surface area contributed by atoms with Crippen LogP contribution >= 0.6 is 0 Å². The van der Waals surface area contributed by atoms with Gasteiger partial charge in [0, 0.05) is 6.61 Å². The van der Waals surface area contributed by atoms with E-state index in [9.17, 15) is 0 Å². The Labute approximate surface area is 74.5 Å². The van der Waals surface area contributed by atoms with Crippen molar-refractivity contribution < 1.29 is 4.74 Å². The molecule has 0 aromatic carbocycles. The maximum absolute atomic E-state index is 5.76. The van der Waals surface area contributed by atoms with Gasteiger partial charge in [-0.05, 0) is 37.6 Å². The molecule has 2 N–H and O–H groups in total. The summed E-state index contributed by atoms with van der Waals surface area (Å²) < 4.78 is 5.76. The number of ether oxygens (including phenoxy) is 1. The first-order valence-electron chi connectivity index (χ1n) is 5.23. The topological polar surface area (TPSA) is 35.2 Å². The van der Waals surface area contributed by atoms with Crippen molar-refractivity contribution in [2.75, 3.05) is 13.2 Å². The van der Waals surface area contributed by atoms with E-state index in [0.717, 1.165) is 19.1 Å². The lowest BCUT2D eigenvalue weighted by atomic mass is 9.90. The Kier molecular flexibility index (Phi) is 2.66. The van der Waals surface area contributed by atoms with Gasteiger partial charge in [-0.2, -0.15) is 0 Å². The van der Waals surface area contributed by atoms with Crippen LogP contribution in [0.5, 0.6) is 0 Å². The van der Waals surface area contributed by atoms with Crippen LogP contribution < -0.4 is 5.73 Å². The molecular formula is C10H19NO. The summed E-state index contributed by atoms with van der Waals surface area (Å²) in [6.07, 6.45) is 7.27. The second-order valence-electron chi connectivity index (χ2n) is 4.16. The predicted molar refractivity (Wildman–Crippen MR) is 48.9 cm³/mol. The normalized spacial score (nSPS) is 37.8. The van der Waals surface area contributed by atoms with Gasteiger partial charge in [-0.15, -0.1) is 0 Å². The fraction of sp³-hybridized carbons (Fsp3) is 1.00.